The molecule has 1 aromatic rings. The Kier molecular flexibility index (Phi) is 7.56. The highest BCUT2D eigenvalue weighted by molar-refractivity contribution is 6.05. The normalized spacial score (nSPS) is 13.2. The van der Waals surface area contributed by atoms with Gasteiger partial charge in [0.1, 0.15) is 5.70 Å². The second kappa shape index (κ2) is 10.1. The Balaban J connectivity index is 2.32. The van der Waals surface area contributed by atoms with Crippen molar-refractivity contribution in [3.8, 4) is 0 Å². The number of ether oxygens (including phenoxy) is 3. The van der Waals surface area contributed by atoms with Crippen molar-refractivity contribution >= 4 is 23.6 Å². The molecule has 0 amide bonds. The molecule has 0 radical (unpaired) electrons. The van der Waals surface area contributed by atoms with Gasteiger partial charge in [0.2, 0.25) is 0 Å². The maximum absolute atomic E-state index is 12.4. The molecule has 7 nitrogen and oxygen atoms in total. The number of aryl methyl sites for hydroxylation is 1. The van der Waals surface area contributed by atoms with Crippen LogP contribution in [0.25, 0.3) is 0 Å². The maximum Gasteiger partial charge on any atom is 0.355 e. The standard InChI is InChI=1S/C21H23NO6/c1-4-28-18(23)13-10-15-8-11-16(12-9-15)22-14-6-5-7-17(20(24)26-2)19(22)21(25)27-3/h5-9,11-12,14H,4,10,13H2,1-3H3. The zero-order valence-electron chi connectivity index (χ0n) is 16.1. The summed E-state index contributed by atoms with van der Waals surface area (Å²) in [6.45, 7) is 2.13. The number of hydrogen-bond donors (Lipinski definition) is 0. The molecular formula is C21H23NO6. The first-order valence-corrected chi connectivity index (χ1v) is 8.81. The summed E-state index contributed by atoms with van der Waals surface area (Å²) in [5.41, 5.74) is 1.75. The largest absolute Gasteiger partial charge is 0.466 e. The molecule has 7 heteroatoms. The van der Waals surface area contributed by atoms with E-state index in [0.717, 1.165) is 5.56 Å². The molecule has 0 spiro atoms. The second-order valence-corrected chi connectivity index (χ2v) is 5.79. The highest BCUT2D eigenvalue weighted by Gasteiger charge is 2.27. The van der Waals surface area contributed by atoms with Crippen molar-refractivity contribution in [3.05, 3.63) is 65.5 Å². The Morgan fingerprint density at radius 1 is 0.964 bits per heavy atom. The molecule has 2 rings (SSSR count). The molecule has 0 fully saturated rings. The molecule has 1 aliphatic rings. The zero-order valence-corrected chi connectivity index (χ0v) is 16.1. The van der Waals surface area contributed by atoms with Gasteiger partial charge in [-0.15, -0.1) is 0 Å². The molecule has 0 saturated heterocycles. The number of esters is 3. The first kappa shape index (κ1) is 21.0. The Morgan fingerprint density at radius 2 is 1.64 bits per heavy atom. The topological polar surface area (TPSA) is 82.1 Å². The van der Waals surface area contributed by atoms with Gasteiger partial charge in [0.05, 0.1) is 26.4 Å². The van der Waals surface area contributed by atoms with Crippen LogP contribution in [0.2, 0.25) is 0 Å². The molecule has 1 heterocycles. The second-order valence-electron chi connectivity index (χ2n) is 5.79. The van der Waals surface area contributed by atoms with Gasteiger partial charge in [-0.1, -0.05) is 18.2 Å². The fraction of sp³-hybridized carbons (Fsp3) is 0.286. The minimum atomic E-state index is -0.664. The Bertz CT molecular complexity index is 820. The van der Waals surface area contributed by atoms with Crippen LogP contribution < -0.4 is 4.90 Å². The van der Waals surface area contributed by atoms with Crippen LogP contribution in [-0.2, 0) is 35.0 Å². The van der Waals surface area contributed by atoms with E-state index in [-0.39, 0.29) is 17.2 Å². The van der Waals surface area contributed by atoms with Crippen molar-refractivity contribution in [1.29, 1.82) is 0 Å². The molecule has 0 bridgehead atoms. The molecule has 28 heavy (non-hydrogen) atoms. The lowest BCUT2D eigenvalue weighted by Crippen LogP contribution is -2.26. The molecule has 0 aliphatic carbocycles. The number of anilines is 1. The number of methoxy groups -OCH3 is 2. The molecule has 0 N–H and O–H groups in total. The Morgan fingerprint density at radius 3 is 2.25 bits per heavy atom. The smallest absolute Gasteiger partial charge is 0.355 e. The third-order valence-electron chi connectivity index (χ3n) is 4.03. The van der Waals surface area contributed by atoms with E-state index >= 15 is 0 Å². The lowest BCUT2D eigenvalue weighted by Gasteiger charge is -2.23. The van der Waals surface area contributed by atoms with Gasteiger partial charge in [-0.3, -0.25) is 4.79 Å². The molecule has 1 aliphatic heterocycles. The number of hydrogen-bond acceptors (Lipinski definition) is 7. The summed E-state index contributed by atoms with van der Waals surface area (Å²) in [7, 11) is 2.50. The number of rotatable bonds is 7. The first-order chi connectivity index (χ1) is 13.5. The van der Waals surface area contributed by atoms with Crippen molar-refractivity contribution in [3.63, 3.8) is 0 Å². The van der Waals surface area contributed by atoms with E-state index in [1.807, 2.05) is 12.1 Å². The summed E-state index contributed by atoms with van der Waals surface area (Å²) >= 11 is 0. The van der Waals surface area contributed by atoms with Crippen LogP contribution in [0.15, 0.2) is 60.0 Å². The van der Waals surface area contributed by atoms with Crippen LogP contribution in [0.3, 0.4) is 0 Å². The SMILES string of the molecule is CCOC(=O)CCc1ccc(N2C=CC=CC(C(=O)OC)=C2C(=O)OC)cc1. The number of benzene rings is 1. The average Bonchev–Trinajstić information content (AvgIpc) is 2.94. The van der Waals surface area contributed by atoms with Gasteiger partial charge < -0.3 is 19.1 Å². The van der Waals surface area contributed by atoms with E-state index in [1.54, 1.807) is 42.3 Å². The quantitative estimate of drug-likeness (QED) is 0.527. The van der Waals surface area contributed by atoms with Gasteiger partial charge in [-0.05, 0) is 43.2 Å². The highest BCUT2D eigenvalue weighted by atomic mass is 16.5. The molecule has 1 aromatic carbocycles. The molecule has 0 saturated carbocycles. The van der Waals surface area contributed by atoms with Crippen LogP contribution in [0.1, 0.15) is 18.9 Å². The van der Waals surface area contributed by atoms with Gasteiger partial charge in [-0.25, -0.2) is 9.59 Å². The predicted molar refractivity (Wildman–Crippen MR) is 103 cm³/mol. The van der Waals surface area contributed by atoms with Gasteiger partial charge >= 0.3 is 17.9 Å². The van der Waals surface area contributed by atoms with Gasteiger partial charge in [-0.2, -0.15) is 0 Å². The van der Waals surface area contributed by atoms with Gasteiger partial charge in [0.25, 0.3) is 0 Å². The summed E-state index contributed by atoms with van der Waals surface area (Å²) < 4.78 is 14.6. The monoisotopic (exact) mass is 385 g/mol. The third kappa shape index (κ3) is 5.09. The third-order valence-corrected chi connectivity index (χ3v) is 4.03. The zero-order chi connectivity index (χ0) is 20.5. The van der Waals surface area contributed by atoms with Crippen molar-refractivity contribution in [2.75, 3.05) is 25.7 Å². The fourth-order valence-corrected chi connectivity index (χ4v) is 2.67. The molecular weight excluding hydrogens is 362 g/mol. The van der Waals surface area contributed by atoms with Crippen LogP contribution in [0.4, 0.5) is 5.69 Å². The summed E-state index contributed by atoms with van der Waals surface area (Å²) in [4.78, 5) is 37.6. The van der Waals surface area contributed by atoms with E-state index in [2.05, 4.69) is 0 Å². The van der Waals surface area contributed by atoms with Crippen molar-refractivity contribution in [2.45, 2.75) is 19.8 Å². The molecule has 0 atom stereocenters. The predicted octanol–water partition coefficient (Wildman–Crippen LogP) is 2.67. The van der Waals surface area contributed by atoms with Gasteiger partial charge in [0, 0.05) is 18.3 Å². The number of carbonyl (C=O) groups excluding carboxylic acids is 3. The van der Waals surface area contributed by atoms with Gasteiger partial charge in [0.15, 0.2) is 0 Å². The summed E-state index contributed by atoms with van der Waals surface area (Å²) in [5, 5.41) is 0. The molecule has 148 valence electrons. The number of nitrogens with zero attached hydrogens (tertiary/aromatic N) is 1. The van der Waals surface area contributed by atoms with E-state index in [4.69, 9.17) is 14.2 Å². The lowest BCUT2D eigenvalue weighted by molar-refractivity contribution is -0.143. The summed E-state index contributed by atoms with van der Waals surface area (Å²) in [6.07, 6.45) is 7.34. The number of carbonyl (C=O) groups is 3. The summed E-state index contributed by atoms with van der Waals surface area (Å²) in [5.74, 6) is -1.55. The van der Waals surface area contributed by atoms with Crippen LogP contribution in [0, 0.1) is 0 Å². The van der Waals surface area contributed by atoms with Crippen LogP contribution in [0.5, 0.6) is 0 Å². The highest BCUT2D eigenvalue weighted by Crippen LogP contribution is 2.26. The fourth-order valence-electron chi connectivity index (χ4n) is 2.67. The Labute approximate surface area is 163 Å². The van der Waals surface area contributed by atoms with E-state index in [9.17, 15) is 14.4 Å². The average molecular weight is 385 g/mol. The molecule has 0 aromatic heterocycles. The summed E-state index contributed by atoms with van der Waals surface area (Å²) in [6, 6.07) is 7.31. The van der Waals surface area contributed by atoms with E-state index in [1.165, 1.54) is 20.3 Å². The van der Waals surface area contributed by atoms with Crippen molar-refractivity contribution in [2.24, 2.45) is 0 Å². The van der Waals surface area contributed by atoms with E-state index in [0.29, 0.717) is 25.1 Å². The van der Waals surface area contributed by atoms with Crippen LogP contribution >= 0.6 is 0 Å². The minimum absolute atomic E-state index is 0.0543. The first-order valence-electron chi connectivity index (χ1n) is 8.81. The minimum Gasteiger partial charge on any atom is -0.466 e. The van der Waals surface area contributed by atoms with Crippen molar-refractivity contribution < 1.29 is 28.6 Å². The van der Waals surface area contributed by atoms with Crippen LogP contribution in [-0.4, -0.2) is 38.7 Å². The maximum atomic E-state index is 12.4. The van der Waals surface area contributed by atoms with E-state index < -0.39 is 11.9 Å². The Hall–Kier alpha value is -3.35. The molecule has 0 unspecified atom stereocenters. The lowest BCUT2D eigenvalue weighted by atomic mass is 10.1. The van der Waals surface area contributed by atoms with Crippen molar-refractivity contribution in [1.82, 2.24) is 0 Å². The number of allylic oxidation sites excluding steroid dienone is 2.